The molecule has 3 unspecified atom stereocenters. The van der Waals surface area contributed by atoms with E-state index in [2.05, 4.69) is 62.3 Å². The van der Waals surface area contributed by atoms with E-state index in [1.165, 1.54) is 0 Å². The molecule has 422 valence electrons. The van der Waals surface area contributed by atoms with Gasteiger partial charge in [0.05, 0.1) is 75.2 Å². The summed E-state index contributed by atoms with van der Waals surface area (Å²) in [4.78, 5) is 80.1. The van der Waals surface area contributed by atoms with Crippen LogP contribution in [0.25, 0.3) is 0 Å². The van der Waals surface area contributed by atoms with Gasteiger partial charge in [0.25, 0.3) is 0 Å². The lowest BCUT2D eigenvalue weighted by atomic mass is 9.56. The van der Waals surface area contributed by atoms with E-state index in [9.17, 15) is 14.4 Å². The molecular weight excluding hydrogens is 961 g/mol. The summed E-state index contributed by atoms with van der Waals surface area (Å²) in [6.07, 6.45) is 15.2. The van der Waals surface area contributed by atoms with Crippen molar-refractivity contribution in [2.45, 2.75) is 261 Å². The quantitative estimate of drug-likeness (QED) is 0.0917. The van der Waals surface area contributed by atoms with Crippen LogP contribution in [-0.2, 0) is 72.1 Å². The second kappa shape index (κ2) is 19.9. The molecule has 0 aromatic carbocycles. The van der Waals surface area contributed by atoms with Crippen molar-refractivity contribution >= 4 is 17.9 Å². The largest absolute Gasteiger partial charge is 0.466 e. The Balaban J connectivity index is 0.689. The van der Waals surface area contributed by atoms with E-state index in [1.807, 2.05) is 0 Å². The molecule has 0 radical (unpaired) electrons. The summed E-state index contributed by atoms with van der Waals surface area (Å²) >= 11 is 0. The lowest BCUT2D eigenvalue weighted by Gasteiger charge is -2.61. The van der Waals surface area contributed by atoms with Crippen LogP contribution in [0.3, 0.4) is 0 Å². The SMILES string of the molecule is C[C@@H]1CC[C@H]2[C@@H](C)C(CCOC(=O)CC(CC(=O)OCCC3O[C@@H]4C[C@@]5(C)CC[C@H]6[C@H](C)CC[C@@H]([C@H]3C)[C@@]46OO5)C(=O)OCCC3O[C@@H]4C[C@@]5(C)CC[C@H]6[C@H](C)CC[C@@H]([C@H]3C)[C@@]46OO5)O[C@@H]3C[C@@]4(C)CC[C@@H]1[C@]32OO4. The fraction of sp³-hybridized carbons (Fsp3) is 0.950. The zero-order valence-corrected chi connectivity index (χ0v) is 46.9. The number of hydrogen-bond acceptors (Lipinski definition) is 15. The van der Waals surface area contributed by atoms with Crippen LogP contribution in [0.5, 0.6) is 0 Å². The van der Waals surface area contributed by atoms with Crippen molar-refractivity contribution in [3.8, 4) is 0 Å². The lowest BCUT2D eigenvalue weighted by Crippen LogP contribution is -2.69. The van der Waals surface area contributed by atoms with Crippen LogP contribution < -0.4 is 0 Å². The summed E-state index contributed by atoms with van der Waals surface area (Å²) in [5, 5.41) is 0. The van der Waals surface area contributed by atoms with Crippen LogP contribution >= 0.6 is 0 Å². The predicted octanol–water partition coefficient (Wildman–Crippen LogP) is 10.3. The summed E-state index contributed by atoms with van der Waals surface area (Å²) in [7, 11) is 0. The maximum Gasteiger partial charge on any atom is 0.310 e. The molecule has 6 saturated carbocycles. The number of carbonyl (C=O) groups is 3. The van der Waals surface area contributed by atoms with Gasteiger partial charge in [-0.1, -0.05) is 41.5 Å². The van der Waals surface area contributed by atoms with Gasteiger partial charge in [-0.2, -0.15) is 0 Å². The zero-order chi connectivity index (χ0) is 52.5. The molecule has 3 spiro atoms. The standard InChI is InChI=1S/C60H92O15/c1-33-10-13-43-36(4)46(67-49-30-55(7)22-16-40(33)58(43,49)73-70-55)19-25-64-52(61)28-39(54(63)66-27-21-48-38(6)45-15-12-35(3)42-18-24-57(9)32-51(69-48)60(42,45)75-72-57)29-53(62)65-26-20-47-37(5)44-14-11-34(2)41-17-23-56(8)31-50(68-47)59(41,44)74-71-56/h33-51H,10-32H2,1-9H3/t33-,34-,35-,36-,37-,38-,39?,40+,41+,42+,43+,44+,45+,46?,47?,48?,49-,50-,51-,55-,56-,57-,58-,59-,60-/m1/s1. The van der Waals surface area contributed by atoms with Crippen molar-refractivity contribution in [3.63, 3.8) is 0 Å². The Kier molecular flexibility index (Phi) is 14.3. The number of hydrogen-bond donors (Lipinski definition) is 0. The van der Waals surface area contributed by atoms with Crippen LogP contribution in [0.1, 0.15) is 191 Å². The van der Waals surface area contributed by atoms with Crippen LogP contribution in [0.4, 0.5) is 0 Å². The number of esters is 3. The van der Waals surface area contributed by atoms with Crippen molar-refractivity contribution in [3.05, 3.63) is 0 Å². The highest BCUT2D eigenvalue weighted by Gasteiger charge is 2.71. The number of ether oxygens (including phenoxy) is 6. The van der Waals surface area contributed by atoms with E-state index in [0.717, 1.165) is 96.3 Å². The van der Waals surface area contributed by atoms with Gasteiger partial charge in [0.15, 0.2) is 0 Å². The van der Waals surface area contributed by atoms with Gasteiger partial charge in [0.1, 0.15) is 33.6 Å². The van der Waals surface area contributed by atoms with E-state index in [0.29, 0.717) is 54.8 Å². The fourth-order valence-electron chi connectivity index (χ4n) is 19.3. The van der Waals surface area contributed by atoms with Gasteiger partial charge in [-0.15, -0.1) is 0 Å². The van der Waals surface area contributed by atoms with Gasteiger partial charge in [-0.3, -0.25) is 14.4 Å². The Labute approximate surface area is 446 Å². The van der Waals surface area contributed by atoms with Crippen LogP contribution in [0.2, 0.25) is 0 Å². The number of rotatable bonds is 14. The van der Waals surface area contributed by atoms with Crippen molar-refractivity contribution in [1.82, 2.24) is 0 Å². The first kappa shape index (κ1) is 53.7. The summed E-state index contributed by atoms with van der Waals surface area (Å²) in [5.41, 5.74) is -2.56. The average Bonchev–Trinajstić information content (AvgIpc) is 3.91. The summed E-state index contributed by atoms with van der Waals surface area (Å²) in [6, 6.07) is 0. The Hall–Kier alpha value is -1.95. The third kappa shape index (κ3) is 8.92. The zero-order valence-electron chi connectivity index (χ0n) is 46.9. The Morgan fingerprint density at radius 2 is 0.747 bits per heavy atom. The van der Waals surface area contributed by atoms with Gasteiger partial charge in [0, 0.05) is 38.5 Å². The van der Waals surface area contributed by atoms with Gasteiger partial charge < -0.3 is 28.4 Å². The summed E-state index contributed by atoms with van der Waals surface area (Å²) in [6.45, 7) is 20.6. The molecule has 0 aromatic rings. The molecule has 0 N–H and O–H groups in total. The van der Waals surface area contributed by atoms with Crippen LogP contribution in [0, 0.1) is 76.9 Å². The molecule has 15 rings (SSSR count). The van der Waals surface area contributed by atoms with Crippen molar-refractivity contribution < 1.29 is 72.1 Å². The van der Waals surface area contributed by atoms with Gasteiger partial charge >= 0.3 is 17.9 Å². The molecule has 0 aromatic heterocycles. The Morgan fingerprint density at radius 3 is 1.08 bits per heavy atom. The molecule has 9 saturated heterocycles. The van der Waals surface area contributed by atoms with Gasteiger partial charge in [0.2, 0.25) is 0 Å². The normalized spacial score (nSPS) is 52.4. The minimum atomic E-state index is -1.09. The Morgan fingerprint density at radius 1 is 0.427 bits per heavy atom. The van der Waals surface area contributed by atoms with Crippen LogP contribution in [-0.4, -0.2) is 108 Å². The monoisotopic (exact) mass is 1050 g/mol. The molecule has 15 aliphatic rings. The number of fused-ring (bicyclic) bond motifs is 6. The number of carbonyl (C=O) groups excluding carboxylic acids is 3. The Bertz CT molecular complexity index is 2040. The lowest BCUT2D eigenvalue weighted by molar-refractivity contribution is -0.487. The molecule has 0 amide bonds. The van der Waals surface area contributed by atoms with Gasteiger partial charge in [-0.25, -0.2) is 29.3 Å². The molecular formula is C60H92O15. The van der Waals surface area contributed by atoms with E-state index < -0.39 is 46.2 Å². The molecule has 24 atom stereocenters. The molecule has 15 fully saturated rings. The molecule has 15 heteroatoms. The topological polar surface area (TPSA) is 162 Å². The van der Waals surface area contributed by atoms with E-state index >= 15 is 0 Å². The molecule has 9 heterocycles. The maximum absolute atomic E-state index is 14.2. The minimum Gasteiger partial charge on any atom is -0.466 e. The predicted molar refractivity (Wildman–Crippen MR) is 271 cm³/mol. The van der Waals surface area contributed by atoms with Gasteiger partial charge in [-0.05, 0) is 169 Å². The first-order valence-corrected chi connectivity index (χ1v) is 30.3. The minimum absolute atomic E-state index is 0.0928. The first-order chi connectivity index (χ1) is 35.8. The fourth-order valence-corrected chi connectivity index (χ4v) is 19.3. The smallest absolute Gasteiger partial charge is 0.310 e. The van der Waals surface area contributed by atoms with E-state index in [-0.39, 0.29) is 116 Å². The van der Waals surface area contributed by atoms with Crippen molar-refractivity contribution in [2.75, 3.05) is 19.8 Å². The highest BCUT2D eigenvalue weighted by Crippen LogP contribution is 2.65. The summed E-state index contributed by atoms with van der Waals surface area (Å²) in [5.74, 6) is 1.19. The molecule has 15 nitrogen and oxygen atoms in total. The molecule has 6 aliphatic carbocycles. The maximum atomic E-state index is 14.2. The van der Waals surface area contributed by atoms with Crippen LogP contribution in [0.15, 0.2) is 0 Å². The molecule has 6 bridgehead atoms. The molecule has 75 heavy (non-hydrogen) atoms. The highest BCUT2D eigenvalue weighted by atomic mass is 17.2. The average molecular weight is 1050 g/mol. The highest BCUT2D eigenvalue weighted by molar-refractivity contribution is 5.84. The third-order valence-corrected chi connectivity index (χ3v) is 23.6. The van der Waals surface area contributed by atoms with E-state index in [4.69, 9.17) is 57.7 Å². The first-order valence-electron chi connectivity index (χ1n) is 30.3. The van der Waals surface area contributed by atoms with E-state index in [1.54, 1.807) is 0 Å². The third-order valence-electron chi connectivity index (χ3n) is 23.6. The molecule has 9 aliphatic heterocycles. The van der Waals surface area contributed by atoms with Crippen molar-refractivity contribution in [1.29, 1.82) is 0 Å². The summed E-state index contributed by atoms with van der Waals surface area (Å²) < 4.78 is 38.9. The second-order valence-corrected chi connectivity index (χ2v) is 28.1. The second-order valence-electron chi connectivity index (χ2n) is 28.1. The van der Waals surface area contributed by atoms with Crippen molar-refractivity contribution in [2.24, 2.45) is 76.9 Å².